The first kappa shape index (κ1) is 12.6. The summed E-state index contributed by atoms with van der Waals surface area (Å²) in [6.07, 6.45) is 8.55. The third-order valence-corrected chi connectivity index (χ3v) is 3.75. The maximum atomic E-state index is 12.3. The molecular weight excluding hydrogens is 260 g/mol. The molecule has 0 radical (unpaired) electrons. The Morgan fingerprint density at radius 3 is 2.85 bits per heavy atom. The number of carbonyl (C=O) groups excluding carboxylic acids is 1. The molecule has 0 bridgehead atoms. The highest BCUT2D eigenvalue weighted by atomic mass is 16.4. The van der Waals surface area contributed by atoms with Crippen molar-refractivity contribution in [2.75, 3.05) is 0 Å². The smallest absolute Gasteiger partial charge is 0.305 e. The van der Waals surface area contributed by atoms with Crippen LogP contribution in [0.4, 0.5) is 0 Å². The quantitative estimate of drug-likeness (QED) is 0.861. The van der Waals surface area contributed by atoms with E-state index in [0.29, 0.717) is 23.9 Å². The fourth-order valence-electron chi connectivity index (χ4n) is 2.56. The predicted octanol–water partition coefficient (Wildman–Crippen LogP) is 0.856. The number of carbonyl (C=O) groups is 2. The van der Waals surface area contributed by atoms with Crippen LogP contribution in [0, 0.1) is 0 Å². The van der Waals surface area contributed by atoms with E-state index in [1.165, 1.54) is 6.20 Å². The lowest BCUT2D eigenvalue weighted by molar-refractivity contribution is -0.139. The zero-order valence-electron chi connectivity index (χ0n) is 10.7. The Hall–Kier alpha value is -2.44. The molecular formula is C13H14N4O3. The zero-order valence-corrected chi connectivity index (χ0v) is 10.7. The molecule has 2 aromatic rings. The number of aromatic nitrogens is 3. The molecule has 1 fully saturated rings. The SMILES string of the molecule is O=C(O)CC1(NC(=O)c2cnn3ccncc23)CCC1. The molecule has 2 heterocycles. The molecule has 0 aromatic carbocycles. The summed E-state index contributed by atoms with van der Waals surface area (Å²) in [6, 6.07) is 0. The lowest BCUT2D eigenvalue weighted by Gasteiger charge is -2.41. The standard InChI is InChI=1S/C13H14N4O3/c18-11(19)6-13(2-1-3-13)16-12(20)9-7-15-17-5-4-14-8-10(9)17/h4-5,7-8H,1-3,6H2,(H,16,20)(H,18,19). The van der Waals surface area contributed by atoms with E-state index in [0.717, 1.165) is 6.42 Å². The van der Waals surface area contributed by atoms with Gasteiger partial charge in [0.05, 0.1) is 35.4 Å². The van der Waals surface area contributed by atoms with Gasteiger partial charge in [-0.2, -0.15) is 5.10 Å². The summed E-state index contributed by atoms with van der Waals surface area (Å²) in [5.74, 6) is -1.19. The number of aliphatic carboxylic acids is 1. The van der Waals surface area contributed by atoms with Crippen LogP contribution in [0.2, 0.25) is 0 Å². The van der Waals surface area contributed by atoms with E-state index in [-0.39, 0.29) is 12.3 Å². The summed E-state index contributed by atoms with van der Waals surface area (Å²) in [6.45, 7) is 0. The largest absolute Gasteiger partial charge is 0.481 e. The van der Waals surface area contributed by atoms with Gasteiger partial charge in [0.15, 0.2) is 0 Å². The van der Waals surface area contributed by atoms with Crippen LogP contribution in [0.1, 0.15) is 36.0 Å². The summed E-state index contributed by atoms with van der Waals surface area (Å²) in [5, 5.41) is 15.9. The fourth-order valence-corrected chi connectivity index (χ4v) is 2.56. The average molecular weight is 274 g/mol. The first-order valence-electron chi connectivity index (χ1n) is 6.41. The molecule has 20 heavy (non-hydrogen) atoms. The second-order valence-electron chi connectivity index (χ2n) is 5.12. The molecule has 2 N–H and O–H groups in total. The first-order valence-corrected chi connectivity index (χ1v) is 6.41. The van der Waals surface area contributed by atoms with Crippen molar-refractivity contribution in [3.8, 4) is 0 Å². The molecule has 7 heteroatoms. The van der Waals surface area contributed by atoms with Crippen molar-refractivity contribution in [3.05, 3.63) is 30.4 Å². The molecule has 104 valence electrons. The normalized spacial score (nSPS) is 16.6. The summed E-state index contributed by atoms with van der Waals surface area (Å²) in [7, 11) is 0. The summed E-state index contributed by atoms with van der Waals surface area (Å²) >= 11 is 0. The minimum atomic E-state index is -0.897. The van der Waals surface area contributed by atoms with E-state index in [1.807, 2.05) is 0 Å². The Bertz CT molecular complexity index is 675. The van der Waals surface area contributed by atoms with Gasteiger partial charge in [0.25, 0.3) is 5.91 Å². The summed E-state index contributed by atoms with van der Waals surface area (Å²) in [4.78, 5) is 27.2. The first-order chi connectivity index (χ1) is 9.60. The van der Waals surface area contributed by atoms with Gasteiger partial charge in [-0.1, -0.05) is 0 Å². The monoisotopic (exact) mass is 274 g/mol. The Labute approximate surface area is 114 Å². The Morgan fingerprint density at radius 2 is 2.20 bits per heavy atom. The molecule has 7 nitrogen and oxygen atoms in total. The minimum absolute atomic E-state index is 0.0454. The van der Waals surface area contributed by atoms with Crippen LogP contribution in [-0.2, 0) is 4.79 Å². The maximum Gasteiger partial charge on any atom is 0.305 e. The molecule has 3 rings (SSSR count). The minimum Gasteiger partial charge on any atom is -0.481 e. The maximum absolute atomic E-state index is 12.3. The molecule has 1 saturated carbocycles. The van der Waals surface area contributed by atoms with Crippen molar-refractivity contribution < 1.29 is 14.7 Å². The van der Waals surface area contributed by atoms with E-state index < -0.39 is 11.5 Å². The number of nitrogens with one attached hydrogen (secondary N) is 1. The van der Waals surface area contributed by atoms with Gasteiger partial charge in [0, 0.05) is 12.4 Å². The van der Waals surface area contributed by atoms with E-state index in [9.17, 15) is 9.59 Å². The number of hydrogen-bond acceptors (Lipinski definition) is 4. The molecule has 1 aliphatic rings. The highest BCUT2D eigenvalue weighted by Gasteiger charge is 2.40. The average Bonchev–Trinajstić information content (AvgIpc) is 2.79. The van der Waals surface area contributed by atoms with Crippen molar-refractivity contribution in [3.63, 3.8) is 0 Å². The van der Waals surface area contributed by atoms with Crippen LogP contribution in [0.25, 0.3) is 5.52 Å². The molecule has 2 aromatic heterocycles. The topological polar surface area (TPSA) is 96.6 Å². The van der Waals surface area contributed by atoms with Gasteiger partial charge in [-0.05, 0) is 19.3 Å². The van der Waals surface area contributed by atoms with Crippen LogP contribution >= 0.6 is 0 Å². The molecule has 0 atom stereocenters. The van der Waals surface area contributed by atoms with Crippen LogP contribution in [0.15, 0.2) is 24.8 Å². The van der Waals surface area contributed by atoms with Gasteiger partial charge in [0.1, 0.15) is 0 Å². The van der Waals surface area contributed by atoms with Gasteiger partial charge in [-0.25, -0.2) is 4.52 Å². The van der Waals surface area contributed by atoms with E-state index >= 15 is 0 Å². The molecule has 0 spiro atoms. The van der Waals surface area contributed by atoms with E-state index in [2.05, 4.69) is 15.4 Å². The second-order valence-corrected chi connectivity index (χ2v) is 5.12. The van der Waals surface area contributed by atoms with Crippen LogP contribution in [-0.4, -0.2) is 37.1 Å². The molecule has 1 aliphatic carbocycles. The number of rotatable bonds is 4. The lowest BCUT2D eigenvalue weighted by Crippen LogP contribution is -2.54. The summed E-state index contributed by atoms with van der Waals surface area (Å²) < 4.78 is 1.56. The zero-order chi connectivity index (χ0) is 14.2. The molecule has 0 unspecified atom stereocenters. The number of carboxylic acid groups (broad SMARTS) is 1. The lowest BCUT2D eigenvalue weighted by atomic mass is 9.74. The van der Waals surface area contributed by atoms with Gasteiger partial charge in [0.2, 0.25) is 0 Å². The van der Waals surface area contributed by atoms with Crippen molar-refractivity contribution >= 4 is 17.4 Å². The third kappa shape index (κ3) is 2.11. The van der Waals surface area contributed by atoms with E-state index in [4.69, 9.17) is 5.11 Å². The van der Waals surface area contributed by atoms with Gasteiger partial charge in [-0.15, -0.1) is 0 Å². The molecule has 1 amide bonds. The van der Waals surface area contributed by atoms with Crippen molar-refractivity contribution in [2.24, 2.45) is 0 Å². The van der Waals surface area contributed by atoms with Crippen LogP contribution in [0.5, 0.6) is 0 Å². The predicted molar refractivity (Wildman–Crippen MR) is 69.3 cm³/mol. The van der Waals surface area contributed by atoms with Gasteiger partial charge < -0.3 is 10.4 Å². The Morgan fingerprint density at radius 1 is 1.40 bits per heavy atom. The van der Waals surface area contributed by atoms with Crippen LogP contribution in [0.3, 0.4) is 0 Å². The fraction of sp³-hybridized carbons (Fsp3) is 0.385. The number of hydrogen-bond donors (Lipinski definition) is 2. The third-order valence-electron chi connectivity index (χ3n) is 3.75. The van der Waals surface area contributed by atoms with Gasteiger partial charge in [-0.3, -0.25) is 14.6 Å². The Balaban J connectivity index is 1.84. The number of nitrogens with zero attached hydrogens (tertiary/aromatic N) is 3. The van der Waals surface area contributed by atoms with Crippen molar-refractivity contribution in [1.29, 1.82) is 0 Å². The molecule has 0 saturated heterocycles. The molecule has 0 aliphatic heterocycles. The number of amides is 1. The summed E-state index contributed by atoms with van der Waals surface area (Å²) in [5.41, 5.74) is 0.406. The van der Waals surface area contributed by atoms with E-state index in [1.54, 1.807) is 23.1 Å². The highest BCUT2D eigenvalue weighted by molar-refractivity contribution is 6.01. The Kier molecular flexibility index (Phi) is 2.89. The van der Waals surface area contributed by atoms with Crippen molar-refractivity contribution in [1.82, 2.24) is 19.9 Å². The second kappa shape index (κ2) is 4.59. The van der Waals surface area contributed by atoms with Crippen molar-refractivity contribution in [2.45, 2.75) is 31.2 Å². The van der Waals surface area contributed by atoms with Crippen LogP contribution < -0.4 is 5.32 Å². The number of fused-ring (bicyclic) bond motifs is 1. The van der Waals surface area contributed by atoms with Gasteiger partial charge >= 0.3 is 5.97 Å². The number of carboxylic acids is 1. The highest BCUT2D eigenvalue weighted by Crippen LogP contribution is 2.35.